The molecule has 0 spiro atoms. The summed E-state index contributed by atoms with van der Waals surface area (Å²) in [6.45, 7) is 28.4. The van der Waals surface area contributed by atoms with Crippen LogP contribution >= 0.6 is 0 Å². The molecule has 0 nitrogen and oxygen atoms in total. The first-order valence-electron chi connectivity index (χ1n) is 14.8. The van der Waals surface area contributed by atoms with Crippen molar-refractivity contribution in [1.82, 2.24) is 0 Å². The van der Waals surface area contributed by atoms with E-state index in [9.17, 15) is 0 Å². The molecular formula is C37H49Cl3Si2Ti. The summed E-state index contributed by atoms with van der Waals surface area (Å²) in [5.74, 6) is 0. The zero-order chi connectivity index (χ0) is 28.9. The Labute approximate surface area is 298 Å². The van der Waals surface area contributed by atoms with Gasteiger partial charge in [0.25, 0.3) is 0 Å². The molecule has 0 heterocycles. The van der Waals surface area contributed by atoms with Crippen LogP contribution in [0.25, 0.3) is 0 Å². The molecule has 0 fully saturated rings. The second-order valence-corrected chi connectivity index (χ2v) is 22.6. The summed E-state index contributed by atoms with van der Waals surface area (Å²) in [4.78, 5) is 0. The summed E-state index contributed by atoms with van der Waals surface area (Å²) in [6, 6.07) is 22.6. The molecule has 0 aliphatic heterocycles. The van der Waals surface area contributed by atoms with E-state index in [0.29, 0.717) is 0 Å². The quantitative estimate of drug-likeness (QED) is 0.162. The van der Waals surface area contributed by atoms with E-state index >= 15 is 0 Å². The van der Waals surface area contributed by atoms with Gasteiger partial charge in [-0.3, -0.25) is 6.08 Å². The molecule has 1 aliphatic rings. The van der Waals surface area contributed by atoms with Gasteiger partial charge in [0.05, 0.1) is 8.07 Å². The molecule has 0 amide bonds. The Morgan fingerprint density at radius 1 is 0.581 bits per heavy atom. The number of halogens is 3. The van der Waals surface area contributed by atoms with Crippen LogP contribution in [0.2, 0.25) is 24.7 Å². The van der Waals surface area contributed by atoms with E-state index < -0.39 is 16.1 Å². The summed E-state index contributed by atoms with van der Waals surface area (Å²) < 4.78 is 0. The summed E-state index contributed by atoms with van der Waals surface area (Å²) in [7, 11) is -4.29. The Bertz CT molecular complexity index is 1460. The van der Waals surface area contributed by atoms with Crippen LogP contribution in [0, 0.1) is 26.8 Å². The van der Waals surface area contributed by atoms with Crippen molar-refractivity contribution in [3.05, 3.63) is 105 Å². The molecular weight excluding hydrogens is 655 g/mol. The SMILES string of the molecule is CCc1cc(CC)cc([Si](c2cc(C)cc(C)c2)(c2cc(C)cc([Si](C)(C)C)c2)C2(C)[C-]=C(C)C(C)=C2C)c1.[Cl-].[Cl-].[Cl-].[Ti+4]. The smallest absolute Gasteiger partial charge is 1.00 e. The minimum atomic E-state index is -2.73. The molecule has 3 aromatic rings. The monoisotopic (exact) mass is 702 g/mol. The molecule has 6 heteroatoms. The Kier molecular flexibility index (Phi) is 15.3. The summed E-state index contributed by atoms with van der Waals surface area (Å²) in [6.07, 6.45) is 6.28. The van der Waals surface area contributed by atoms with Crippen LogP contribution in [-0.2, 0) is 34.6 Å². The van der Waals surface area contributed by atoms with Crippen LogP contribution in [0.15, 0.2) is 71.3 Å². The molecule has 4 rings (SSSR count). The zero-order valence-electron chi connectivity index (χ0n) is 28.2. The fraction of sp³-hybridized carbons (Fsp3) is 0.405. The topological polar surface area (TPSA) is 0 Å². The van der Waals surface area contributed by atoms with Gasteiger partial charge in [0.2, 0.25) is 0 Å². The fourth-order valence-corrected chi connectivity index (χ4v) is 14.7. The van der Waals surface area contributed by atoms with Gasteiger partial charge in [0, 0.05) is 0 Å². The number of hydrogen-bond donors (Lipinski definition) is 0. The third-order valence-electron chi connectivity index (χ3n) is 9.40. The molecule has 2 unspecified atom stereocenters. The molecule has 0 radical (unpaired) electrons. The molecule has 230 valence electrons. The second-order valence-electron chi connectivity index (χ2n) is 13.3. The van der Waals surface area contributed by atoms with E-state index in [1.807, 2.05) is 0 Å². The number of benzene rings is 3. The predicted molar refractivity (Wildman–Crippen MR) is 179 cm³/mol. The first-order chi connectivity index (χ1) is 18.2. The van der Waals surface area contributed by atoms with Gasteiger partial charge in [-0.2, -0.15) is 11.1 Å². The number of hydrogen-bond acceptors (Lipinski definition) is 0. The fourth-order valence-electron chi connectivity index (χ4n) is 6.97. The number of rotatable bonds is 7. The molecule has 43 heavy (non-hydrogen) atoms. The van der Waals surface area contributed by atoms with Crippen molar-refractivity contribution in [2.45, 2.75) is 99.8 Å². The molecule has 1 aliphatic carbocycles. The van der Waals surface area contributed by atoms with Crippen LogP contribution in [0.5, 0.6) is 0 Å². The number of allylic oxidation sites excluding steroid dienone is 4. The van der Waals surface area contributed by atoms with Crippen molar-refractivity contribution in [3.8, 4) is 0 Å². The molecule has 0 aromatic heterocycles. The Morgan fingerprint density at radius 2 is 0.977 bits per heavy atom. The first kappa shape index (κ1) is 42.2. The van der Waals surface area contributed by atoms with Crippen LogP contribution in [-0.4, -0.2) is 16.1 Å². The van der Waals surface area contributed by atoms with Crippen LogP contribution in [0.4, 0.5) is 0 Å². The normalized spacial score (nSPS) is 17.5. The van der Waals surface area contributed by atoms with Gasteiger partial charge in [-0.05, 0) is 60.3 Å². The molecule has 0 bridgehead atoms. The van der Waals surface area contributed by atoms with Gasteiger partial charge < -0.3 is 37.2 Å². The molecule has 3 aromatic carbocycles. The van der Waals surface area contributed by atoms with Crippen LogP contribution < -0.4 is 58.0 Å². The number of aryl methyl sites for hydroxylation is 5. The maximum Gasteiger partial charge on any atom is 4.00 e. The Hall–Kier alpha value is -0.842. The molecule has 0 saturated heterocycles. The van der Waals surface area contributed by atoms with E-state index in [1.165, 1.54) is 60.1 Å². The van der Waals surface area contributed by atoms with E-state index in [1.54, 1.807) is 5.19 Å². The van der Waals surface area contributed by atoms with Crippen molar-refractivity contribution in [2.24, 2.45) is 0 Å². The first-order valence-corrected chi connectivity index (χ1v) is 20.3. The van der Waals surface area contributed by atoms with Gasteiger partial charge in [0.1, 0.15) is 8.07 Å². The zero-order valence-corrected chi connectivity index (χ0v) is 34.1. The second kappa shape index (κ2) is 15.6. The minimum absolute atomic E-state index is 0. The Balaban J connectivity index is 0.00000441. The van der Waals surface area contributed by atoms with E-state index in [4.69, 9.17) is 0 Å². The van der Waals surface area contributed by atoms with Crippen molar-refractivity contribution >= 4 is 36.9 Å². The van der Waals surface area contributed by atoms with Gasteiger partial charge in [0.15, 0.2) is 0 Å². The standard InChI is InChI=1S/C37H49Si2.3ClH.Ti/c1-13-31-20-32(14-2)22-36(21-31)39(34-17-25(3)15-26(4)18-34,37(9)24-28(6)29(7)30(37)8)35-19-27(5)16-33(23-35)38(10,11)12;;;;/h15-23H,13-14H2,1-12H3;3*1H;/q-1;;;;+4/p-3. The third kappa shape index (κ3) is 7.59. The Morgan fingerprint density at radius 3 is 1.37 bits per heavy atom. The van der Waals surface area contributed by atoms with Crippen molar-refractivity contribution < 1.29 is 58.9 Å². The maximum atomic E-state index is 4.17. The summed E-state index contributed by atoms with van der Waals surface area (Å²) in [5, 5.41) is 5.94. The minimum Gasteiger partial charge on any atom is -1.00 e. The van der Waals surface area contributed by atoms with Gasteiger partial charge in [-0.1, -0.05) is 136 Å². The van der Waals surface area contributed by atoms with Gasteiger partial charge in [-0.25, -0.2) is 5.57 Å². The average molecular weight is 704 g/mol. The van der Waals surface area contributed by atoms with Crippen LogP contribution in [0.1, 0.15) is 69.4 Å². The van der Waals surface area contributed by atoms with Gasteiger partial charge >= 0.3 is 21.7 Å². The third-order valence-corrected chi connectivity index (χ3v) is 16.9. The summed E-state index contributed by atoms with van der Waals surface area (Å²) in [5.41, 5.74) is 11.2. The molecule has 2 atom stereocenters. The molecule has 0 N–H and O–H groups in total. The van der Waals surface area contributed by atoms with Gasteiger partial charge in [-0.15, -0.1) is 6.92 Å². The van der Waals surface area contributed by atoms with E-state index in [2.05, 4.69) is 143 Å². The van der Waals surface area contributed by atoms with E-state index in [0.717, 1.165) is 12.8 Å². The summed E-state index contributed by atoms with van der Waals surface area (Å²) >= 11 is 0. The van der Waals surface area contributed by atoms with Crippen molar-refractivity contribution in [1.29, 1.82) is 0 Å². The van der Waals surface area contributed by atoms with Crippen molar-refractivity contribution in [2.75, 3.05) is 0 Å². The maximum absolute atomic E-state index is 4.17. The predicted octanol–water partition coefficient (Wildman–Crippen LogP) is -1.38. The van der Waals surface area contributed by atoms with Crippen LogP contribution in [0.3, 0.4) is 0 Å². The average Bonchev–Trinajstić information content (AvgIpc) is 3.05. The largest absolute Gasteiger partial charge is 4.00 e. The molecule has 0 saturated carbocycles. The van der Waals surface area contributed by atoms with E-state index in [-0.39, 0.29) is 64.0 Å². The van der Waals surface area contributed by atoms with Crippen molar-refractivity contribution in [3.63, 3.8) is 0 Å².